The average molecular weight is 256 g/mol. The molecular formula is C10H20N6S. The fraction of sp³-hybridized carbons (Fsp3) is 0.700. The predicted octanol–water partition coefficient (Wildman–Crippen LogP) is 0.999. The van der Waals surface area contributed by atoms with Crippen molar-refractivity contribution in [1.29, 1.82) is 0 Å². The minimum atomic E-state index is 0.597. The summed E-state index contributed by atoms with van der Waals surface area (Å²) in [7, 11) is 5.93. The summed E-state index contributed by atoms with van der Waals surface area (Å²) in [5.41, 5.74) is 0. The maximum Gasteiger partial charge on any atom is 0.228 e. The van der Waals surface area contributed by atoms with Gasteiger partial charge < -0.3 is 15.5 Å². The van der Waals surface area contributed by atoms with Crippen LogP contribution >= 0.6 is 11.8 Å². The largest absolute Gasteiger partial charge is 0.357 e. The van der Waals surface area contributed by atoms with Gasteiger partial charge in [0.2, 0.25) is 11.9 Å². The number of nitrogens with one attached hydrogen (secondary N) is 2. The molecule has 1 aromatic rings. The summed E-state index contributed by atoms with van der Waals surface area (Å²) in [6.07, 6.45) is 3.01. The SMILES string of the molecule is CNc1nc(NCCCN(C)C)nc(SC)n1. The van der Waals surface area contributed by atoms with Crippen LogP contribution in [0.2, 0.25) is 0 Å². The highest BCUT2D eigenvalue weighted by molar-refractivity contribution is 7.98. The van der Waals surface area contributed by atoms with Crippen LogP contribution in [0.25, 0.3) is 0 Å². The topological polar surface area (TPSA) is 66.0 Å². The first-order valence-corrected chi connectivity index (χ1v) is 6.74. The van der Waals surface area contributed by atoms with E-state index in [0.29, 0.717) is 11.9 Å². The quantitative estimate of drug-likeness (QED) is 0.557. The molecule has 0 aliphatic rings. The van der Waals surface area contributed by atoms with Gasteiger partial charge in [0.15, 0.2) is 5.16 Å². The summed E-state index contributed by atoms with van der Waals surface area (Å²) >= 11 is 1.51. The Hall–Kier alpha value is -1.08. The molecule has 1 heterocycles. The van der Waals surface area contributed by atoms with Crippen molar-refractivity contribution in [3.05, 3.63) is 0 Å². The molecule has 0 saturated carbocycles. The van der Waals surface area contributed by atoms with Crippen LogP contribution in [0.3, 0.4) is 0 Å². The first-order valence-electron chi connectivity index (χ1n) is 5.52. The van der Waals surface area contributed by atoms with Gasteiger partial charge >= 0.3 is 0 Å². The summed E-state index contributed by atoms with van der Waals surface area (Å²) in [4.78, 5) is 14.9. The number of nitrogens with zero attached hydrogens (tertiary/aromatic N) is 4. The van der Waals surface area contributed by atoms with Crippen molar-refractivity contribution in [3.63, 3.8) is 0 Å². The fourth-order valence-corrected chi connectivity index (χ4v) is 1.59. The Morgan fingerprint density at radius 3 is 2.47 bits per heavy atom. The lowest BCUT2D eigenvalue weighted by Crippen LogP contribution is -2.17. The van der Waals surface area contributed by atoms with Crippen molar-refractivity contribution in [1.82, 2.24) is 19.9 Å². The van der Waals surface area contributed by atoms with Crippen molar-refractivity contribution in [2.24, 2.45) is 0 Å². The second-order valence-corrected chi connectivity index (χ2v) is 4.58. The molecular weight excluding hydrogens is 236 g/mol. The van der Waals surface area contributed by atoms with E-state index >= 15 is 0 Å². The lowest BCUT2D eigenvalue weighted by Gasteiger charge is -2.10. The van der Waals surface area contributed by atoms with Gasteiger partial charge in [-0.05, 0) is 33.3 Å². The molecule has 0 aliphatic carbocycles. The monoisotopic (exact) mass is 256 g/mol. The van der Waals surface area contributed by atoms with E-state index in [2.05, 4.69) is 44.6 Å². The lowest BCUT2D eigenvalue weighted by molar-refractivity contribution is 0.405. The maximum atomic E-state index is 4.29. The van der Waals surface area contributed by atoms with Gasteiger partial charge in [-0.25, -0.2) is 0 Å². The number of aromatic nitrogens is 3. The average Bonchev–Trinajstić information content (AvgIpc) is 2.34. The molecule has 7 heteroatoms. The normalized spacial score (nSPS) is 10.6. The van der Waals surface area contributed by atoms with Crippen LogP contribution in [-0.4, -0.2) is 60.3 Å². The third-order valence-electron chi connectivity index (χ3n) is 2.09. The Bertz CT molecular complexity index is 321. The lowest BCUT2D eigenvalue weighted by atomic mass is 10.4. The van der Waals surface area contributed by atoms with Crippen LogP contribution in [0.5, 0.6) is 0 Å². The van der Waals surface area contributed by atoms with Gasteiger partial charge in [0.25, 0.3) is 0 Å². The molecule has 0 aromatic carbocycles. The van der Waals surface area contributed by atoms with E-state index in [4.69, 9.17) is 0 Å². The van der Waals surface area contributed by atoms with Crippen LogP contribution in [0, 0.1) is 0 Å². The highest BCUT2D eigenvalue weighted by atomic mass is 32.2. The van der Waals surface area contributed by atoms with E-state index < -0.39 is 0 Å². The first-order chi connectivity index (χ1) is 8.15. The van der Waals surface area contributed by atoms with E-state index in [0.717, 1.165) is 24.7 Å². The zero-order valence-corrected chi connectivity index (χ0v) is 11.6. The van der Waals surface area contributed by atoms with E-state index in [9.17, 15) is 0 Å². The molecule has 0 atom stereocenters. The minimum absolute atomic E-state index is 0.597. The molecule has 0 radical (unpaired) electrons. The molecule has 1 rings (SSSR count). The van der Waals surface area contributed by atoms with Gasteiger partial charge in [-0.1, -0.05) is 11.8 Å². The smallest absolute Gasteiger partial charge is 0.228 e. The summed E-state index contributed by atoms with van der Waals surface area (Å²) < 4.78 is 0. The standard InChI is InChI=1S/C10H20N6S/c1-11-8-13-9(15-10(14-8)17-4)12-6-5-7-16(2)3/h5-7H2,1-4H3,(H2,11,12,13,14,15). The zero-order valence-electron chi connectivity index (χ0n) is 10.8. The molecule has 0 bridgehead atoms. The molecule has 0 aliphatic heterocycles. The van der Waals surface area contributed by atoms with E-state index in [-0.39, 0.29) is 0 Å². The van der Waals surface area contributed by atoms with Gasteiger partial charge in [-0.2, -0.15) is 15.0 Å². The third-order valence-corrected chi connectivity index (χ3v) is 2.63. The molecule has 2 N–H and O–H groups in total. The van der Waals surface area contributed by atoms with E-state index in [1.807, 2.05) is 6.26 Å². The summed E-state index contributed by atoms with van der Waals surface area (Å²) in [5, 5.41) is 6.86. The molecule has 96 valence electrons. The first kappa shape index (κ1) is 14.0. The maximum absolute atomic E-state index is 4.29. The van der Waals surface area contributed by atoms with Crippen LogP contribution in [0.1, 0.15) is 6.42 Å². The van der Waals surface area contributed by atoms with Gasteiger partial charge in [0.1, 0.15) is 0 Å². The van der Waals surface area contributed by atoms with Gasteiger partial charge in [-0.3, -0.25) is 0 Å². The Labute approximate surface area is 107 Å². The van der Waals surface area contributed by atoms with Crippen molar-refractivity contribution < 1.29 is 0 Å². The summed E-state index contributed by atoms with van der Waals surface area (Å²) in [6.45, 7) is 1.91. The van der Waals surface area contributed by atoms with Gasteiger partial charge in [0, 0.05) is 13.6 Å². The summed E-state index contributed by atoms with van der Waals surface area (Å²) in [6, 6.07) is 0. The second kappa shape index (κ2) is 7.29. The van der Waals surface area contributed by atoms with Crippen LogP contribution in [-0.2, 0) is 0 Å². The van der Waals surface area contributed by atoms with E-state index in [1.165, 1.54) is 11.8 Å². The van der Waals surface area contributed by atoms with Crippen LogP contribution < -0.4 is 10.6 Å². The second-order valence-electron chi connectivity index (χ2n) is 3.80. The van der Waals surface area contributed by atoms with Crippen molar-refractivity contribution in [2.75, 3.05) is 51.1 Å². The molecule has 0 amide bonds. The Morgan fingerprint density at radius 2 is 1.88 bits per heavy atom. The van der Waals surface area contributed by atoms with Crippen molar-refractivity contribution in [3.8, 4) is 0 Å². The van der Waals surface area contributed by atoms with Crippen molar-refractivity contribution >= 4 is 23.7 Å². The molecule has 0 unspecified atom stereocenters. The van der Waals surface area contributed by atoms with Crippen LogP contribution in [0.15, 0.2) is 5.16 Å². The van der Waals surface area contributed by atoms with E-state index in [1.54, 1.807) is 7.05 Å². The highest BCUT2D eigenvalue weighted by Crippen LogP contribution is 2.12. The van der Waals surface area contributed by atoms with Gasteiger partial charge in [0.05, 0.1) is 0 Å². The fourth-order valence-electron chi connectivity index (χ4n) is 1.23. The minimum Gasteiger partial charge on any atom is -0.357 e. The molecule has 6 nitrogen and oxygen atoms in total. The predicted molar refractivity (Wildman–Crippen MR) is 72.8 cm³/mol. The van der Waals surface area contributed by atoms with Crippen LogP contribution in [0.4, 0.5) is 11.9 Å². The zero-order chi connectivity index (χ0) is 12.7. The summed E-state index contributed by atoms with van der Waals surface area (Å²) in [5.74, 6) is 1.23. The third kappa shape index (κ3) is 5.18. The number of hydrogen-bond donors (Lipinski definition) is 2. The Morgan fingerprint density at radius 1 is 1.18 bits per heavy atom. The Balaban J connectivity index is 2.51. The molecule has 0 spiro atoms. The molecule has 17 heavy (non-hydrogen) atoms. The van der Waals surface area contributed by atoms with Gasteiger partial charge in [-0.15, -0.1) is 0 Å². The molecule has 0 fully saturated rings. The Kier molecular flexibility index (Phi) is 5.99. The molecule has 1 aromatic heterocycles. The number of thioether (sulfide) groups is 1. The highest BCUT2D eigenvalue weighted by Gasteiger charge is 2.03. The van der Waals surface area contributed by atoms with Crippen molar-refractivity contribution in [2.45, 2.75) is 11.6 Å². The molecule has 0 saturated heterocycles. The number of rotatable bonds is 7. The number of hydrogen-bond acceptors (Lipinski definition) is 7. The number of anilines is 2.